The number of nitrogens with zero attached hydrogens (tertiary/aromatic N) is 4. The highest BCUT2D eigenvalue weighted by Crippen LogP contribution is 2.46. The molecular weight excluding hydrogens is 562 g/mol. The quantitative estimate of drug-likeness (QED) is 0.231. The maximum Gasteiger partial charge on any atom is 0.304 e. The minimum absolute atomic E-state index is 0.00359. The highest BCUT2D eigenvalue weighted by atomic mass is 32.1. The SMILES string of the molecule is CC[C@@H]1CN(Cc2cc([C@@H](CC(=O)O)c3cc(C4CC4)c4c(nnn4C)c3C)cc3ccsc23)Cc2[nH]c(=O)ccc2O1. The number of carboxylic acids is 1. The normalized spacial score (nSPS) is 18.0. The summed E-state index contributed by atoms with van der Waals surface area (Å²) < 4.78 is 9.30. The minimum Gasteiger partial charge on any atom is -0.487 e. The van der Waals surface area contributed by atoms with E-state index >= 15 is 0 Å². The van der Waals surface area contributed by atoms with Gasteiger partial charge >= 0.3 is 5.97 Å². The molecule has 7 rings (SSSR count). The summed E-state index contributed by atoms with van der Waals surface area (Å²) in [4.78, 5) is 29.8. The first kappa shape index (κ1) is 27.8. The van der Waals surface area contributed by atoms with Crippen LogP contribution >= 0.6 is 11.3 Å². The lowest BCUT2D eigenvalue weighted by Crippen LogP contribution is -2.32. The van der Waals surface area contributed by atoms with Gasteiger partial charge in [-0.2, -0.15) is 0 Å². The number of hydrogen-bond acceptors (Lipinski definition) is 7. The van der Waals surface area contributed by atoms with Crippen LogP contribution < -0.4 is 10.3 Å². The molecule has 2 N–H and O–H groups in total. The van der Waals surface area contributed by atoms with Crippen molar-refractivity contribution in [2.75, 3.05) is 6.54 Å². The minimum atomic E-state index is -0.834. The molecule has 1 aliphatic heterocycles. The smallest absolute Gasteiger partial charge is 0.304 e. The van der Waals surface area contributed by atoms with Crippen LogP contribution in [0.3, 0.4) is 0 Å². The van der Waals surface area contributed by atoms with Gasteiger partial charge in [-0.1, -0.05) is 24.3 Å². The van der Waals surface area contributed by atoms with Crippen molar-refractivity contribution in [3.63, 3.8) is 0 Å². The lowest BCUT2D eigenvalue weighted by atomic mass is 9.83. The number of H-pyrrole nitrogens is 1. The van der Waals surface area contributed by atoms with Gasteiger partial charge in [0.15, 0.2) is 0 Å². The molecule has 0 unspecified atom stereocenters. The zero-order valence-electron chi connectivity index (χ0n) is 24.6. The Kier molecular flexibility index (Phi) is 7.05. The van der Waals surface area contributed by atoms with Crippen molar-refractivity contribution in [3.8, 4) is 5.75 Å². The summed E-state index contributed by atoms with van der Waals surface area (Å²) in [5.41, 5.74) is 7.91. The lowest BCUT2D eigenvalue weighted by Gasteiger charge is -2.25. The number of aromatic amines is 1. The average Bonchev–Trinajstić information content (AvgIpc) is 3.63. The summed E-state index contributed by atoms with van der Waals surface area (Å²) in [6.07, 6.45) is 3.08. The number of hydrogen-bond donors (Lipinski definition) is 2. The van der Waals surface area contributed by atoms with E-state index in [-0.39, 0.29) is 24.0 Å². The molecule has 0 bridgehead atoms. The Balaban J connectivity index is 1.33. The summed E-state index contributed by atoms with van der Waals surface area (Å²) in [5.74, 6) is 0.0226. The van der Waals surface area contributed by atoms with Crippen molar-refractivity contribution in [2.45, 2.75) is 70.6 Å². The molecule has 2 atom stereocenters. The first-order valence-electron chi connectivity index (χ1n) is 14.9. The fraction of sp³-hybridized carbons (Fsp3) is 0.394. The fourth-order valence-electron chi connectivity index (χ4n) is 6.66. The molecular formula is C33H35N5O4S. The molecule has 1 aliphatic carbocycles. The fourth-order valence-corrected chi connectivity index (χ4v) is 7.55. The molecule has 2 aliphatic rings. The molecule has 1 fully saturated rings. The average molecular weight is 598 g/mol. The Bertz CT molecular complexity index is 1920. The molecule has 4 heterocycles. The second kappa shape index (κ2) is 10.9. The third kappa shape index (κ3) is 5.23. The molecule has 5 aromatic rings. The van der Waals surface area contributed by atoms with E-state index in [1.807, 2.05) is 18.7 Å². The molecule has 0 radical (unpaired) electrons. The van der Waals surface area contributed by atoms with Crippen LogP contribution in [-0.4, -0.2) is 48.6 Å². The van der Waals surface area contributed by atoms with E-state index in [0.717, 1.165) is 75.9 Å². The van der Waals surface area contributed by atoms with Gasteiger partial charge in [-0.25, -0.2) is 4.68 Å². The molecule has 0 amide bonds. The number of carbonyl (C=O) groups is 1. The number of aromatic nitrogens is 4. The maximum atomic E-state index is 12.4. The first-order valence-corrected chi connectivity index (χ1v) is 15.8. The van der Waals surface area contributed by atoms with Crippen molar-refractivity contribution in [1.82, 2.24) is 24.9 Å². The zero-order valence-corrected chi connectivity index (χ0v) is 25.4. The highest BCUT2D eigenvalue weighted by Gasteiger charge is 2.32. The van der Waals surface area contributed by atoms with Crippen molar-refractivity contribution >= 4 is 38.4 Å². The number of aliphatic carboxylic acids is 1. The Morgan fingerprint density at radius 1 is 1.23 bits per heavy atom. The number of ether oxygens (including phenoxy) is 1. The van der Waals surface area contributed by atoms with Crippen LogP contribution in [0, 0.1) is 6.92 Å². The Morgan fingerprint density at radius 2 is 2.07 bits per heavy atom. The summed E-state index contributed by atoms with van der Waals surface area (Å²) in [7, 11) is 1.93. The lowest BCUT2D eigenvalue weighted by molar-refractivity contribution is -0.137. The molecule has 0 spiro atoms. The Labute approximate surface area is 253 Å². The van der Waals surface area contributed by atoms with Gasteiger partial charge in [-0.15, -0.1) is 16.4 Å². The third-order valence-electron chi connectivity index (χ3n) is 8.97. The topological polar surface area (TPSA) is 113 Å². The van der Waals surface area contributed by atoms with Crippen LogP contribution in [-0.2, 0) is 24.9 Å². The van der Waals surface area contributed by atoms with Crippen LogP contribution in [0.2, 0.25) is 0 Å². The van der Waals surface area contributed by atoms with Crippen LogP contribution in [0.25, 0.3) is 21.1 Å². The number of rotatable bonds is 8. The second-order valence-corrected chi connectivity index (χ2v) is 12.9. The van der Waals surface area contributed by atoms with Crippen molar-refractivity contribution in [3.05, 3.63) is 85.6 Å². The van der Waals surface area contributed by atoms with Gasteiger partial charge in [-0.3, -0.25) is 14.5 Å². The van der Waals surface area contributed by atoms with Gasteiger partial charge in [0.1, 0.15) is 17.4 Å². The Hall–Kier alpha value is -4.02. The van der Waals surface area contributed by atoms with E-state index in [9.17, 15) is 14.7 Å². The van der Waals surface area contributed by atoms with Gasteiger partial charge in [0.05, 0.1) is 17.6 Å². The molecule has 0 saturated heterocycles. The van der Waals surface area contributed by atoms with Crippen LogP contribution in [0.1, 0.15) is 78.0 Å². The van der Waals surface area contributed by atoms with Gasteiger partial charge in [0.25, 0.3) is 0 Å². The summed E-state index contributed by atoms with van der Waals surface area (Å²) in [6, 6.07) is 12.0. The Morgan fingerprint density at radius 3 is 2.84 bits per heavy atom. The third-order valence-corrected chi connectivity index (χ3v) is 9.97. The van der Waals surface area contributed by atoms with E-state index < -0.39 is 5.97 Å². The second-order valence-electron chi connectivity index (χ2n) is 12.0. The predicted octanol–water partition coefficient (Wildman–Crippen LogP) is 5.84. The molecule has 43 heavy (non-hydrogen) atoms. The van der Waals surface area contributed by atoms with Crippen molar-refractivity contribution in [1.29, 1.82) is 0 Å². The molecule has 10 heteroatoms. The molecule has 2 aromatic carbocycles. The van der Waals surface area contributed by atoms with E-state index in [4.69, 9.17) is 4.74 Å². The number of nitrogens with one attached hydrogen (secondary N) is 1. The summed E-state index contributed by atoms with van der Waals surface area (Å²) >= 11 is 1.70. The van der Waals surface area contributed by atoms with Crippen molar-refractivity contribution < 1.29 is 14.6 Å². The van der Waals surface area contributed by atoms with E-state index in [2.05, 4.69) is 56.8 Å². The van der Waals surface area contributed by atoms with Gasteiger partial charge < -0.3 is 14.8 Å². The summed E-state index contributed by atoms with van der Waals surface area (Å²) in [5, 5.41) is 22.2. The molecule has 1 saturated carbocycles. The number of aryl methyl sites for hydroxylation is 2. The monoisotopic (exact) mass is 597 g/mol. The number of thiophene rings is 1. The maximum absolute atomic E-state index is 12.4. The van der Waals surface area contributed by atoms with Crippen LogP contribution in [0.15, 0.2) is 46.6 Å². The van der Waals surface area contributed by atoms with Gasteiger partial charge in [0.2, 0.25) is 5.56 Å². The molecule has 3 aromatic heterocycles. The standard InChI is InChI=1S/C33H35N5O4S/c1-4-23-16-38(17-27-28(42-23)7-8-29(39)34-27)15-22-12-21(11-20-9-10-43-33(20)22)25(14-30(40)41)24-13-26(19-5-6-19)32-31(18(24)2)35-36-37(32)3/h7-13,19,23,25H,4-6,14-17H2,1-3H3,(H,34,39)(H,40,41)/t23-,25-/m1/s1. The largest absolute Gasteiger partial charge is 0.487 e. The predicted molar refractivity (Wildman–Crippen MR) is 167 cm³/mol. The van der Waals surface area contributed by atoms with E-state index in [1.165, 1.54) is 16.3 Å². The van der Waals surface area contributed by atoms with Crippen molar-refractivity contribution in [2.24, 2.45) is 7.05 Å². The number of pyridine rings is 1. The zero-order chi connectivity index (χ0) is 29.8. The van der Waals surface area contributed by atoms with E-state index in [1.54, 1.807) is 17.4 Å². The highest BCUT2D eigenvalue weighted by molar-refractivity contribution is 7.17. The van der Waals surface area contributed by atoms with E-state index in [0.29, 0.717) is 19.0 Å². The van der Waals surface area contributed by atoms with Gasteiger partial charge in [0, 0.05) is 43.4 Å². The molecule has 222 valence electrons. The number of carboxylic acid groups (broad SMARTS) is 1. The summed E-state index contributed by atoms with van der Waals surface area (Å²) in [6.45, 7) is 6.08. The van der Waals surface area contributed by atoms with Crippen LogP contribution in [0.5, 0.6) is 5.75 Å². The first-order chi connectivity index (χ1) is 20.8. The molecule has 9 nitrogen and oxygen atoms in total. The number of benzene rings is 2. The number of fused-ring (bicyclic) bond motifs is 3. The van der Waals surface area contributed by atoms with Gasteiger partial charge in [-0.05, 0) is 88.9 Å². The van der Waals surface area contributed by atoms with Crippen LogP contribution in [0.4, 0.5) is 0 Å².